The van der Waals surface area contributed by atoms with Gasteiger partial charge in [-0.05, 0) is 38.5 Å². The summed E-state index contributed by atoms with van der Waals surface area (Å²) in [6.07, 6.45) is -0.969. The predicted octanol–water partition coefficient (Wildman–Crippen LogP) is 2.90. The molecule has 1 amide bonds. The number of esters is 1. The van der Waals surface area contributed by atoms with Crippen molar-refractivity contribution >= 4 is 23.7 Å². The second-order valence-corrected chi connectivity index (χ2v) is 6.56. The third kappa shape index (κ3) is 4.62. The maximum atomic E-state index is 12.6. The molecule has 1 aromatic rings. The molecule has 0 unspecified atom stereocenters. The van der Waals surface area contributed by atoms with Crippen LogP contribution in [0.25, 0.3) is 0 Å². The molecule has 0 aliphatic rings. The highest BCUT2D eigenvalue weighted by molar-refractivity contribution is 6.30. The Hall–Kier alpha value is -2.77. The van der Waals surface area contributed by atoms with Crippen LogP contribution in [0.4, 0.5) is 4.79 Å². The van der Waals surface area contributed by atoms with Gasteiger partial charge in [-0.3, -0.25) is 5.32 Å². The van der Waals surface area contributed by atoms with Crippen LogP contribution >= 0.6 is 11.6 Å². The van der Waals surface area contributed by atoms with E-state index in [1.54, 1.807) is 32.9 Å². The van der Waals surface area contributed by atoms with Crippen molar-refractivity contribution in [2.75, 3.05) is 7.11 Å². The maximum Gasteiger partial charge on any atom is 0.408 e. The van der Waals surface area contributed by atoms with E-state index in [0.29, 0.717) is 5.02 Å². The highest BCUT2D eigenvalue weighted by Crippen LogP contribution is 2.32. The van der Waals surface area contributed by atoms with Gasteiger partial charge < -0.3 is 9.47 Å². The minimum atomic E-state index is -2.06. The summed E-state index contributed by atoms with van der Waals surface area (Å²) in [5, 5.41) is 21.5. The van der Waals surface area contributed by atoms with Crippen LogP contribution in [-0.2, 0) is 19.8 Å². The van der Waals surface area contributed by atoms with E-state index in [1.165, 1.54) is 24.3 Å². The molecule has 0 radical (unpaired) electrons. The van der Waals surface area contributed by atoms with Crippen LogP contribution in [0, 0.1) is 28.6 Å². The topological polar surface area (TPSA) is 112 Å². The molecule has 1 aromatic carbocycles. The zero-order valence-corrected chi connectivity index (χ0v) is 15.0. The number of rotatable bonds is 4. The first-order valence-corrected chi connectivity index (χ1v) is 7.63. The summed E-state index contributed by atoms with van der Waals surface area (Å²) in [7, 11) is 1.09. The van der Waals surface area contributed by atoms with E-state index >= 15 is 0 Å². The summed E-state index contributed by atoms with van der Waals surface area (Å²) in [5.74, 6) is -2.54. The van der Waals surface area contributed by atoms with E-state index in [9.17, 15) is 20.1 Å². The van der Waals surface area contributed by atoms with E-state index in [-0.39, 0.29) is 5.56 Å². The summed E-state index contributed by atoms with van der Waals surface area (Å²) < 4.78 is 9.94. The molecule has 0 aromatic heterocycles. The zero-order chi connectivity index (χ0) is 19.3. The lowest BCUT2D eigenvalue weighted by Crippen LogP contribution is -2.57. The smallest absolute Gasteiger partial charge is 0.408 e. The van der Waals surface area contributed by atoms with Gasteiger partial charge in [0.2, 0.25) is 0 Å². The number of ether oxygens (including phenoxy) is 2. The summed E-state index contributed by atoms with van der Waals surface area (Å²) in [4.78, 5) is 24.8. The number of alkyl carbamates (subject to hydrolysis) is 1. The monoisotopic (exact) mass is 363 g/mol. The Morgan fingerprint density at radius 3 is 2.08 bits per heavy atom. The molecule has 1 rings (SSSR count). The fourth-order valence-electron chi connectivity index (χ4n) is 2.16. The number of methoxy groups -OCH3 is 1. The van der Waals surface area contributed by atoms with Crippen molar-refractivity contribution in [2.45, 2.75) is 31.9 Å². The lowest BCUT2D eigenvalue weighted by atomic mass is 9.79. The van der Waals surface area contributed by atoms with Crippen LogP contribution in [0.3, 0.4) is 0 Å². The summed E-state index contributed by atoms with van der Waals surface area (Å²) in [5.41, 5.74) is -2.74. The highest BCUT2D eigenvalue weighted by atomic mass is 35.5. The summed E-state index contributed by atoms with van der Waals surface area (Å²) in [6, 6.07) is 9.24. The van der Waals surface area contributed by atoms with Gasteiger partial charge in [-0.2, -0.15) is 10.5 Å². The number of nitriles is 2. The van der Waals surface area contributed by atoms with E-state index < -0.39 is 29.1 Å². The molecule has 1 atom stereocenters. The van der Waals surface area contributed by atoms with Gasteiger partial charge in [0.05, 0.1) is 19.2 Å². The van der Waals surface area contributed by atoms with Crippen molar-refractivity contribution in [3.05, 3.63) is 34.9 Å². The van der Waals surface area contributed by atoms with Crippen LogP contribution < -0.4 is 5.32 Å². The average Bonchev–Trinajstić information content (AvgIpc) is 2.53. The molecule has 0 aliphatic heterocycles. The maximum absolute atomic E-state index is 12.6. The van der Waals surface area contributed by atoms with Crippen LogP contribution in [0.2, 0.25) is 5.02 Å². The molecular weight excluding hydrogens is 346 g/mol. The second-order valence-electron chi connectivity index (χ2n) is 6.12. The van der Waals surface area contributed by atoms with Gasteiger partial charge in [0.25, 0.3) is 0 Å². The third-order valence-corrected chi connectivity index (χ3v) is 3.45. The summed E-state index contributed by atoms with van der Waals surface area (Å²) >= 11 is 5.86. The van der Waals surface area contributed by atoms with E-state index in [2.05, 4.69) is 5.32 Å². The molecule has 8 heteroatoms. The second kappa shape index (κ2) is 7.87. The Labute approximate surface area is 151 Å². The lowest BCUT2D eigenvalue weighted by Gasteiger charge is -2.33. The minimum Gasteiger partial charge on any atom is -0.467 e. The molecule has 0 saturated carbocycles. The average molecular weight is 364 g/mol. The van der Waals surface area contributed by atoms with Gasteiger partial charge >= 0.3 is 12.1 Å². The SMILES string of the molecule is COC(=O)[C@@](NC(=O)OC(C)(C)C)(c1ccc(Cl)cc1)C(C#N)C#N. The van der Waals surface area contributed by atoms with E-state index in [4.69, 9.17) is 21.1 Å². The molecule has 0 bridgehead atoms. The molecule has 25 heavy (non-hydrogen) atoms. The van der Waals surface area contributed by atoms with Gasteiger partial charge in [-0.25, -0.2) is 9.59 Å². The minimum absolute atomic E-state index is 0.169. The molecule has 0 spiro atoms. The highest BCUT2D eigenvalue weighted by Gasteiger charge is 2.51. The molecule has 0 saturated heterocycles. The van der Waals surface area contributed by atoms with Gasteiger partial charge in [0.15, 0.2) is 11.5 Å². The molecule has 0 aliphatic carbocycles. The van der Waals surface area contributed by atoms with Crippen molar-refractivity contribution in [3.63, 3.8) is 0 Å². The molecule has 0 fully saturated rings. The normalized spacial score (nSPS) is 13.1. The fourth-order valence-corrected chi connectivity index (χ4v) is 2.28. The van der Waals surface area contributed by atoms with Crippen LogP contribution in [0.5, 0.6) is 0 Å². The lowest BCUT2D eigenvalue weighted by molar-refractivity contribution is -0.150. The van der Waals surface area contributed by atoms with Crippen molar-refractivity contribution in [2.24, 2.45) is 5.92 Å². The van der Waals surface area contributed by atoms with Crippen molar-refractivity contribution in [1.29, 1.82) is 10.5 Å². The molecule has 132 valence electrons. The zero-order valence-electron chi connectivity index (χ0n) is 14.3. The first-order chi connectivity index (χ1) is 11.6. The van der Waals surface area contributed by atoms with Crippen molar-refractivity contribution in [1.82, 2.24) is 5.32 Å². The largest absolute Gasteiger partial charge is 0.467 e. The van der Waals surface area contributed by atoms with Gasteiger partial charge in [0.1, 0.15) is 5.60 Å². The number of amides is 1. The first-order valence-electron chi connectivity index (χ1n) is 7.25. The van der Waals surface area contributed by atoms with E-state index in [1.807, 2.05) is 0 Å². The van der Waals surface area contributed by atoms with Gasteiger partial charge in [-0.15, -0.1) is 0 Å². The quantitative estimate of drug-likeness (QED) is 0.823. The molecule has 7 nitrogen and oxygen atoms in total. The molecule has 1 N–H and O–H groups in total. The molecular formula is C17H18ClN3O4. The van der Waals surface area contributed by atoms with Crippen molar-refractivity contribution < 1.29 is 19.1 Å². The number of carbonyl (C=O) groups is 2. The van der Waals surface area contributed by atoms with Gasteiger partial charge in [0, 0.05) is 5.02 Å². The first kappa shape index (κ1) is 20.3. The van der Waals surface area contributed by atoms with Gasteiger partial charge in [-0.1, -0.05) is 23.7 Å². The summed E-state index contributed by atoms with van der Waals surface area (Å²) in [6.45, 7) is 4.92. The number of nitrogens with zero attached hydrogens (tertiary/aromatic N) is 2. The number of halogens is 1. The Kier molecular flexibility index (Phi) is 6.38. The number of carbonyl (C=O) groups excluding carboxylic acids is 2. The number of hydrogen-bond acceptors (Lipinski definition) is 6. The Morgan fingerprint density at radius 1 is 1.16 bits per heavy atom. The Balaban J connectivity index is 3.54. The van der Waals surface area contributed by atoms with Crippen LogP contribution in [0.15, 0.2) is 24.3 Å². The Morgan fingerprint density at radius 2 is 1.68 bits per heavy atom. The molecule has 0 heterocycles. The number of hydrogen-bond donors (Lipinski definition) is 1. The van der Waals surface area contributed by atoms with E-state index in [0.717, 1.165) is 7.11 Å². The third-order valence-electron chi connectivity index (χ3n) is 3.20. The fraction of sp³-hybridized carbons (Fsp3) is 0.412. The number of nitrogens with one attached hydrogen (secondary N) is 1. The van der Waals surface area contributed by atoms with Crippen molar-refractivity contribution in [3.8, 4) is 12.1 Å². The standard InChI is InChI=1S/C17H18ClN3O4/c1-16(2,3)25-15(23)21-17(14(22)24-4,12(9-19)10-20)11-5-7-13(18)8-6-11/h5-8,12H,1-4H3,(H,21,23)/t17-/m1/s1. The Bertz CT molecular complexity index is 714. The van der Waals surface area contributed by atoms with Crippen LogP contribution in [-0.4, -0.2) is 24.8 Å². The number of benzene rings is 1. The van der Waals surface area contributed by atoms with Crippen LogP contribution in [0.1, 0.15) is 26.3 Å². The predicted molar refractivity (Wildman–Crippen MR) is 89.2 cm³/mol.